The smallest absolute Gasteiger partial charge is 0.119 e. The first-order valence-electron chi connectivity index (χ1n) is 6.73. The summed E-state index contributed by atoms with van der Waals surface area (Å²) in [6.45, 7) is 5.80. The van der Waals surface area contributed by atoms with Gasteiger partial charge in [-0.15, -0.1) is 0 Å². The number of aromatic amines is 1. The number of nitrogens with zero attached hydrogens (tertiary/aromatic N) is 1. The van der Waals surface area contributed by atoms with Gasteiger partial charge < -0.3 is 15.0 Å². The van der Waals surface area contributed by atoms with Crippen molar-refractivity contribution in [3.05, 3.63) is 48.0 Å². The Morgan fingerprint density at radius 1 is 1.32 bits per heavy atom. The number of rotatable bonds is 7. The van der Waals surface area contributed by atoms with Crippen molar-refractivity contribution in [2.45, 2.75) is 26.3 Å². The maximum Gasteiger partial charge on any atom is 0.119 e. The second-order valence-electron chi connectivity index (χ2n) is 4.50. The van der Waals surface area contributed by atoms with E-state index in [1.807, 2.05) is 25.3 Å². The van der Waals surface area contributed by atoms with Gasteiger partial charge in [-0.1, -0.05) is 12.1 Å². The monoisotopic (exact) mass is 259 g/mol. The van der Waals surface area contributed by atoms with Crippen LogP contribution in [0.3, 0.4) is 0 Å². The van der Waals surface area contributed by atoms with Crippen LogP contribution in [0.15, 0.2) is 36.8 Å². The molecule has 1 unspecified atom stereocenters. The molecule has 19 heavy (non-hydrogen) atoms. The van der Waals surface area contributed by atoms with Crippen LogP contribution in [0.25, 0.3) is 0 Å². The summed E-state index contributed by atoms with van der Waals surface area (Å²) >= 11 is 0. The zero-order valence-electron chi connectivity index (χ0n) is 11.5. The molecular weight excluding hydrogens is 238 g/mol. The van der Waals surface area contributed by atoms with E-state index in [4.69, 9.17) is 4.74 Å². The number of aromatic nitrogens is 2. The van der Waals surface area contributed by atoms with Gasteiger partial charge in [0.15, 0.2) is 0 Å². The van der Waals surface area contributed by atoms with Crippen LogP contribution in [0, 0.1) is 0 Å². The Hall–Kier alpha value is -1.81. The van der Waals surface area contributed by atoms with E-state index in [-0.39, 0.29) is 0 Å². The number of ether oxygens (including phenoxy) is 1. The molecule has 2 aromatic rings. The molecule has 0 saturated carbocycles. The molecule has 0 amide bonds. The number of H-pyrrole nitrogens is 1. The van der Waals surface area contributed by atoms with E-state index in [9.17, 15) is 0 Å². The first-order valence-corrected chi connectivity index (χ1v) is 6.73. The molecule has 2 rings (SSSR count). The number of nitrogens with one attached hydrogen (secondary N) is 2. The van der Waals surface area contributed by atoms with Crippen LogP contribution in [-0.2, 0) is 6.42 Å². The zero-order chi connectivity index (χ0) is 13.5. The van der Waals surface area contributed by atoms with Crippen molar-refractivity contribution in [2.24, 2.45) is 0 Å². The fourth-order valence-corrected chi connectivity index (χ4v) is 1.98. The van der Waals surface area contributed by atoms with Crippen LogP contribution >= 0.6 is 0 Å². The first kappa shape index (κ1) is 13.6. The lowest BCUT2D eigenvalue weighted by atomic mass is 10.1. The molecule has 0 fully saturated rings. The Morgan fingerprint density at radius 3 is 2.74 bits per heavy atom. The molecule has 0 aliphatic rings. The summed E-state index contributed by atoms with van der Waals surface area (Å²) in [5.74, 6) is 0.927. The lowest BCUT2D eigenvalue weighted by Gasteiger charge is -2.14. The standard InChI is InChI=1S/C15H21N3O/c1-3-19-15-6-4-13(5-7-15)12(2)17-9-8-14-10-16-11-18-14/h4-7,10-12,17H,3,8-9H2,1-2H3,(H,16,18). The van der Waals surface area contributed by atoms with Crippen LogP contribution in [0.4, 0.5) is 0 Å². The minimum atomic E-state index is 0.332. The molecule has 1 heterocycles. The van der Waals surface area contributed by atoms with E-state index >= 15 is 0 Å². The third-order valence-electron chi connectivity index (χ3n) is 3.09. The molecule has 1 aromatic heterocycles. The summed E-state index contributed by atoms with van der Waals surface area (Å²) in [6.07, 6.45) is 4.54. The Bertz CT molecular complexity index is 465. The van der Waals surface area contributed by atoms with Crippen molar-refractivity contribution in [3.63, 3.8) is 0 Å². The predicted octanol–water partition coefficient (Wildman–Crippen LogP) is 2.70. The maximum absolute atomic E-state index is 5.44. The number of imidazole rings is 1. The highest BCUT2D eigenvalue weighted by atomic mass is 16.5. The summed E-state index contributed by atoms with van der Waals surface area (Å²) in [7, 11) is 0. The summed E-state index contributed by atoms with van der Waals surface area (Å²) in [5, 5.41) is 3.50. The van der Waals surface area contributed by atoms with E-state index in [2.05, 4.69) is 34.3 Å². The van der Waals surface area contributed by atoms with E-state index in [1.165, 1.54) is 5.56 Å². The van der Waals surface area contributed by atoms with Crippen LogP contribution < -0.4 is 10.1 Å². The molecule has 102 valence electrons. The van der Waals surface area contributed by atoms with E-state index in [0.717, 1.165) is 24.4 Å². The number of hydrogen-bond acceptors (Lipinski definition) is 3. The van der Waals surface area contributed by atoms with Gasteiger partial charge in [0.05, 0.1) is 12.9 Å². The largest absolute Gasteiger partial charge is 0.494 e. The molecule has 1 atom stereocenters. The van der Waals surface area contributed by atoms with Gasteiger partial charge in [0.2, 0.25) is 0 Å². The minimum Gasteiger partial charge on any atom is -0.494 e. The summed E-state index contributed by atoms with van der Waals surface area (Å²) < 4.78 is 5.44. The van der Waals surface area contributed by atoms with Gasteiger partial charge in [-0.2, -0.15) is 0 Å². The van der Waals surface area contributed by atoms with Crippen LogP contribution in [-0.4, -0.2) is 23.1 Å². The molecule has 0 radical (unpaired) electrons. The second-order valence-corrected chi connectivity index (χ2v) is 4.50. The Morgan fingerprint density at radius 2 is 2.11 bits per heavy atom. The molecule has 2 N–H and O–H groups in total. The third kappa shape index (κ3) is 4.10. The first-order chi connectivity index (χ1) is 9.29. The summed E-state index contributed by atoms with van der Waals surface area (Å²) in [4.78, 5) is 7.11. The van der Waals surface area contributed by atoms with Crippen molar-refractivity contribution in [1.82, 2.24) is 15.3 Å². The normalized spacial score (nSPS) is 12.3. The lowest BCUT2D eigenvalue weighted by molar-refractivity contribution is 0.340. The quantitative estimate of drug-likeness (QED) is 0.803. The van der Waals surface area contributed by atoms with Gasteiger partial charge in [0.25, 0.3) is 0 Å². The predicted molar refractivity (Wildman–Crippen MR) is 76.3 cm³/mol. The van der Waals surface area contributed by atoms with E-state index < -0.39 is 0 Å². The highest BCUT2D eigenvalue weighted by molar-refractivity contribution is 5.28. The van der Waals surface area contributed by atoms with Gasteiger partial charge in [-0.25, -0.2) is 4.98 Å². The number of benzene rings is 1. The molecular formula is C15H21N3O. The second kappa shape index (κ2) is 6.95. The Kier molecular flexibility index (Phi) is 4.98. The van der Waals surface area contributed by atoms with Crippen LogP contribution in [0.5, 0.6) is 5.75 Å². The average molecular weight is 259 g/mol. The Balaban J connectivity index is 1.80. The van der Waals surface area contributed by atoms with Crippen molar-refractivity contribution in [2.75, 3.05) is 13.2 Å². The maximum atomic E-state index is 5.44. The van der Waals surface area contributed by atoms with E-state index in [1.54, 1.807) is 6.33 Å². The van der Waals surface area contributed by atoms with Gasteiger partial charge >= 0.3 is 0 Å². The lowest BCUT2D eigenvalue weighted by Crippen LogP contribution is -2.21. The van der Waals surface area contributed by atoms with Crippen LogP contribution in [0.1, 0.15) is 31.1 Å². The third-order valence-corrected chi connectivity index (χ3v) is 3.09. The van der Waals surface area contributed by atoms with Gasteiger partial charge in [-0.05, 0) is 31.5 Å². The molecule has 0 spiro atoms. The van der Waals surface area contributed by atoms with Crippen molar-refractivity contribution >= 4 is 0 Å². The van der Waals surface area contributed by atoms with Crippen LogP contribution in [0.2, 0.25) is 0 Å². The zero-order valence-corrected chi connectivity index (χ0v) is 11.5. The van der Waals surface area contributed by atoms with Crippen molar-refractivity contribution in [1.29, 1.82) is 0 Å². The van der Waals surface area contributed by atoms with Crippen molar-refractivity contribution < 1.29 is 4.74 Å². The minimum absolute atomic E-state index is 0.332. The summed E-state index contributed by atoms with van der Waals surface area (Å²) in [5.41, 5.74) is 2.43. The molecule has 0 saturated heterocycles. The molecule has 4 heteroatoms. The molecule has 0 aliphatic heterocycles. The van der Waals surface area contributed by atoms with Crippen molar-refractivity contribution in [3.8, 4) is 5.75 Å². The fourth-order valence-electron chi connectivity index (χ4n) is 1.98. The fraction of sp³-hybridized carbons (Fsp3) is 0.400. The van der Waals surface area contributed by atoms with Gasteiger partial charge in [0.1, 0.15) is 5.75 Å². The number of hydrogen-bond donors (Lipinski definition) is 2. The molecule has 0 bridgehead atoms. The topological polar surface area (TPSA) is 49.9 Å². The SMILES string of the molecule is CCOc1ccc(C(C)NCCc2cnc[nH]2)cc1. The van der Waals surface area contributed by atoms with Gasteiger partial charge in [0, 0.05) is 30.9 Å². The molecule has 0 aliphatic carbocycles. The average Bonchev–Trinajstić information content (AvgIpc) is 2.93. The Labute approximate surface area is 114 Å². The highest BCUT2D eigenvalue weighted by Gasteiger charge is 2.05. The highest BCUT2D eigenvalue weighted by Crippen LogP contribution is 2.17. The van der Waals surface area contributed by atoms with E-state index in [0.29, 0.717) is 12.6 Å². The molecule has 4 nitrogen and oxygen atoms in total. The van der Waals surface area contributed by atoms with Gasteiger partial charge in [-0.3, -0.25) is 0 Å². The molecule has 1 aromatic carbocycles. The summed E-state index contributed by atoms with van der Waals surface area (Å²) in [6, 6.07) is 8.59.